The van der Waals surface area contributed by atoms with Crippen molar-refractivity contribution in [3.63, 3.8) is 0 Å². The van der Waals surface area contributed by atoms with Crippen LogP contribution in [0.5, 0.6) is 5.75 Å². The standard InChI is InChI=1S/C15H13N3O2/c16-10-12-8-4-5-9-13(12)20-14(15(19)18-17)11-6-2-1-3-7-11/h1-9,14H,17H2,(H,18,19). The van der Waals surface area contributed by atoms with Crippen LogP contribution in [0.3, 0.4) is 0 Å². The molecule has 0 spiro atoms. The number of hydrogen-bond donors (Lipinski definition) is 2. The summed E-state index contributed by atoms with van der Waals surface area (Å²) in [7, 11) is 0. The van der Waals surface area contributed by atoms with E-state index in [0.717, 1.165) is 0 Å². The lowest BCUT2D eigenvalue weighted by Crippen LogP contribution is -2.37. The van der Waals surface area contributed by atoms with Gasteiger partial charge in [0.1, 0.15) is 11.8 Å². The average molecular weight is 267 g/mol. The number of nitrogens with one attached hydrogen (secondary N) is 1. The number of nitrogens with two attached hydrogens (primary N) is 1. The fourth-order valence-corrected chi connectivity index (χ4v) is 1.77. The maximum Gasteiger partial charge on any atom is 0.279 e. The summed E-state index contributed by atoms with van der Waals surface area (Å²) in [5, 5.41) is 9.04. The van der Waals surface area contributed by atoms with Crippen LogP contribution in [0.25, 0.3) is 0 Å². The van der Waals surface area contributed by atoms with Crippen molar-refractivity contribution in [2.75, 3.05) is 0 Å². The molecule has 0 aliphatic heterocycles. The van der Waals surface area contributed by atoms with E-state index in [1.54, 1.807) is 48.5 Å². The smallest absolute Gasteiger partial charge is 0.279 e. The molecule has 0 aliphatic carbocycles. The van der Waals surface area contributed by atoms with E-state index in [0.29, 0.717) is 16.9 Å². The second-order valence-electron chi connectivity index (χ2n) is 4.03. The van der Waals surface area contributed by atoms with E-state index in [1.165, 1.54) is 0 Å². The Kier molecular flexibility index (Phi) is 4.32. The minimum absolute atomic E-state index is 0.340. The van der Waals surface area contributed by atoms with Gasteiger partial charge in [-0.3, -0.25) is 10.2 Å². The van der Waals surface area contributed by atoms with Crippen molar-refractivity contribution in [2.45, 2.75) is 6.10 Å². The van der Waals surface area contributed by atoms with E-state index in [-0.39, 0.29) is 0 Å². The van der Waals surface area contributed by atoms with Crippen molar-refractivity contribution in [1.82, 2.24) is 5.43 Å². The van der Waals surface area contributed by atoms with Gasteiger partial charge in [-0.1, -0.05) is 42.5 Å². The molecule has 2 aromatic carbocycles. The first kappa shape index (κ1) is 13.6. The Morgan fingerprint density at radius 1 is 1.15 bits per heavy atom. The van der Waals surface area contributed by atoms with Gasteiger partial charge in [0.05, 0.1) is 5.56 Å². The molecule has 0 saturated heterocycles. The van der Waals surface area contributed by atoms with E-state index in [2.05, 4.69) is 5.43 Å². The van der Waals surface area contributed by atoms with Crippen LogP contribution in [-0.4, -0.2) is 5.91 Å². The minimum atomic E-state index is -0.907. The Bertz CT molecular complexity index is 635. The Balaban J connectivity index is 2.34. The van der Waals surface area contributed by atoms with Crippen LogP contribution in [-0.2, 0) is 4.79 Å². The Morgan fingerprint density at radius 2 is 1.80 bits per heavy atom. The number of carbonyl (C=O) groups is 1. The van der Waals surface area contributed by atoms with E-state index in [1.807, 2.05) is 12.1 Å². The summed E-state index contributed by atoms with van der Waals surface area (Å²) in [5.41, 5.74) is 3.09. The third-order valence-corrected chi connectivity index (χ3v) is 2.74. The molecule has 0 fully saturated rings. The fourth-order valence-electron chi connectivity index (χ4n) is 1.77. The lowest BCUT2D eigenvalue weighted by Gasteiger charge is -2.18. The summed E-state index contributed by atoms with van der Waals surface area (Å²) >= 11 is 0. The molecule has 0 saturated carbocycles. The first-order chi connectivity index (χ1) is 9.76. The zero-order valence-electron chi connectivity index (χ0n) is 10.6. The summed E-state index contributed by atoms with van der Waals surface area (Å²) in [6.07, 6.45) is -0.907. The molecule has 3 N–H and O–H groups in total. The maximum atomic E-state index is 11.9. The van der Waals surface area contributed by atoms with E-state index in [9.17, 15) is 4.79 Å². The molecule has 5 nitrogen and oxygen atoms in total. The zero-order chi connectivity index (χ0) is 14.4. The first-order valence-electron chi connectivity index (χ1n) is 5.97. The van der Waals surface area contributed by atoms with Gasteiger partial charge in [-0.15, -0.1) is 0 Å². The summed E-state index contributed by atoms with van der Waals surface area (Å²) in [4.78, 5) is 11.9. The Morgan fingerprint density at radius 3 is 2.45 bits per heavy atom. The van der Waals surface area contributed by atoms with Crippen molar-refractivity contribution >= 4 is 5.91 Å². The Labute approximate surface area is 116 Å². The maximum absolute atomic E-state index is 11.9. The summed E-state index contributed by atoms with van der Waals surface area (Å²) < 4.78 is 5.66. The van der Waals surface area contributed by atoms with Gasteiger partial charge in [0.25, 0.3) is 5.91 Å². The second kappa shape index (κ2) is 6.36. The molecule has 2 rings (SSSR count). The van der Waals surface area contributed by atoms with Crippen molar-refractivity contribution in [2.24, 2.45) is 5.84 Å². The molecule has 1 atom stereocenters. The molecule has 0 aliphatic rings. The lowest BCUT2D eigenvalue weighted by molar-refractivity contribution is -0.128. The van der Waals surface area contributed by atoms with Crippen LogP contribution >= 0.6 is 0 Å². The monoisotopic (exact) mass is 267 g/mol. The van der Waals surface area contributed by atoms with Crippen molar-refractivity contribution in [3.05, 3.63) is 65.7 Å². The number of amides is 1. The molecule has 0 heterocycles. The fraction of sp³-hybridized carbons (Fsp3) is 0.0667. The number of para-hydroxylation sites is 1. The number of nitrogens with zero attached hydrogens (tertiary/aromatic N) is 1. The quantitative estimate of drug-likeness (QED) is 0.501. The van der Waals surface area contributed by atoms with Crippen LogP contribution in [0.1, 0.15) is 17.2 Å². The zero-order valence-corrected chi connectivity index (χ0v) is 10.6. The van der Waals surface area contributed by atoms with Crippen LogP contribution < -0.4 is 16.0 Å². The highest BCUT2D eigenvalue weighted by atomic mass is 16.5. The molecule has 0 radical (unpaired) electrons. The van der Waals surface area contributed by atoms with Gasteiger partial charge >= 0.3 is 0 Å². The third-order valence-electron chi connectivity index (χ3n) is 2.74. The molecule has 100 valence electrons. The third kappa shape index (κ3) is 2.94. The predicted molar refractivity (Wildman–Crippen MR) is 73.3 cm³/mol. The largest absolute Gasteiger partial charge is 0.474 e. The lowest BCUT2D eigenvalue weighted by atomic mass is 10.1. The van der Waals surface area contributed by atoms with E-state index in [4.69, 9.17) is 15.8 Å². The van der Waals surface area contributed by atoms with Crippen LogP contribution in [0.2, 0.25) is 0 Å². The molecule has 1 unspecified atom stereocenters. The highest BCUT2D eigenvalue weighted by Crippen LogP contribution is 2.25. The highest BCUT2D eigenvalue weighted by molar-refractivity contribution is 5.82. The summed E-state index contributed by atoms with van der Waals surface area (Å²) in [6.45, 7) is 0. The first-order valence-corrected chi connectivity index (χ1v) is 5.97. The van der Waals surface area contributed by atoms with Crippen molar-refractivity contribution < 1.29 is 9.53 Å². The number of nitriles is 1. The van der Waals surface area contributed by atoms with Crippen LogP contribution in [0.15, 0.2) is 54.6 Å². The van der Waals surface area contributed by atoms with Gasteiger partial charge in [0, 0.05) is 5.56 Å². The molecule has 0 bridgehead atoms. The van der Waals surface area contributed by atoms with Crippen molar-refractivity contribution in [3.8, 4) is 11.8 Å². The van der Waals surface area contributed by atoms with Gasteiger partial charge in [-0.25, -0.2) is 5.84 Å². The molecule has 2 aromatic rings. The highest BCUT2D eigenvalue weighted by Gasteiger charge is 2.22. The van der Waals surface area contributed by atoms with Gasteiger partial charge < -0.3 is 4.74 Å². The number of hydrazine groups is 1. The van der Waals surface area contributed by atoms with E-state index >= 15 is 0 Å². The minimum Gasteiger partial charge on any atom is -0.474 e. The molecule has 0 aromatic heterocycles. The average Bonchev–Trinajstić information content (AvgIpc) is 2.53. The SMILES string of the molecule is N#Cc1ccccc1OC(C(=O)NN)c1ccccc1. The topological polar surface area (TPSA) is 88.1 Å². The number of benzene rings is 2. The number of ether oxygens (including phenoxy) is 1. The van der Waals surface area contributed by atoms with Crippen molar-refractivity contribution in [1.29, 1.82) is 5.26 Å². The normalized spacial score (nSPS) is 11.2. The summed E-state index contributed by atoms with van der Waals surface area (Å²) in [6, 6.07) is 17.7. The molecular weight excluding hydrogens is 254 g/mol. The van der Waals surface area contributed by atoms with Gasteiger partial charge in [-0.05, 0) is 12.1 Å². The number of hydrogen-bond acceptors (Lipinski definition) is 4. The van der Waals surface area contributed by atoms with Crippen LogP contribution in [0, 0.1) is 11.3 Å². The second-order valence-corrected chi connectivity index (χ2v) is 4.03. The van der Waals surface area contributed by atoms with E-state index < -0.39 is 12.0 Å². The van der Waals surface area contributed by atoms with Gasteiger partial charge in [0.2, 0.25) is 6.10 Å². The molecule has 5 heteroatoms. The molecular formula is C15H13N3O2. The molecule has 1 amide bonds. The number of carbonyl (C=O) groups excluding carboxylic acids is 1. The van der Waals surface area contributed by atoms with Crippen LogP contribution in [0.4, 0.5) is 0 Å². The van der Waals surface area contributed by atoms with Gasteiger partial charge in [0.15, 0.2) is 0 Å². The molecule has 20 heavy (non-hydrogen) atoms. The van der Waals surface area contributed by atoms with Gasteiger partial charge in [-0.2, -0.15) is 5.26 Å². The number of rotatable bonds is 4. The summed E-state index contributed by atoms with van der Waals surface area (Å²) in [5.74, 6) is 5.05. The predicted octanol–water partition coefficient (Wildman–Crippen LogP) is 1.67. The Hall–Kier alpha value is -2.84.